The minimum absolute atomic E-state index is 0.0526. The first kappa shape index (κ1) is 21.7. The van der Waals surface area contributed by atoms with E-state index in [1.807, 2.05) is 20.8 Å². The summed E-state index contributed by atoms with van der Waals surface area (Å²) < 4.78 is 4.93. The van der Waals surface area contributed by atoms with Gasteiger partial charge >= 0.3 is 5.97 Å². The molecule has 0 heterocycles. The molecule has 0 aromatic rings. The lowest BCUT2D eigenvalue weighted by Crippen LogP contribution is -2.59. The van der Waals surface area contributed by atoms with Gasteiger partial charge in [-0.25, -0.2) is 0 Å². The van der Waals surface area contributed by atoms with Crippen molar-refractivity contribution in [2.45, 2.75) is 66.1 Å². The van der Waals surface area contributed by atoms with Crippen molar-refractivity contribution in [3.63, 3.8) is 0 Å². The Kier molecular flexibility index (Phi) is 5.28. The van der Waals surface area contributed by atoms with Crippen molar-refractivity contribution in [3.05, 3.63) is 22.5 Å². The molecule has 0 aliphatic heterocycles. The van der Waals surface area contributed by atoms with Gasteiger partial charge in [0.25, 0.3) is 0 Å². The van der Waals surface area contributed by atoms with Crippen molar-refractivity contribution >= 4 is 17.5 Å². The van der Waals surface area contributed by atoms with Gasteiger partial charge < -0.3 is 20.1 Å². The topological polar surface area (TPSA) is 121 Å². The third kappa shape index (κ3) is 3.15. The van der Waals surface area contributed by atoms with Gasteiger partial charge in [-0.15, -0.1) is 0 Å². The number of fused-ring (bicyclic) bond motifs is 2. The van der Waals surface area contributed by atoms with Crippen LogP contribution < -0.4 is 0 Å². The van der Waals surface area contributed by atoms with Gasteiger partial charge in [0.2, 0.25) is 11.6 Å². The van der Waals surface area contributed by atoms with Gasteiger partial charge in [-0.3, -0.25) is 14.4 Å². The molecule has 0 aromatic carbocycles. The number of ether oxygens (including phenoxy) is 1. The summed E-state index contributed by atoms with van der Waals surface area (Å²) in [4.78, 5) is 37.3. The molecule has 7 nitrogen and oxygen atoms in total. The fraction of sp³-hybridized carbons (Fsp3) is 0.682. The van der Waals surface area contributed by atoms with E-state index in [-0.39, 0.29) is 28.7 Å². The summed E-state index contributed by atoms with van der Waals surface area (Å²) in [6, 6.07) is 0. The summed E-state index contributed by atoms with van der Waals surface area (Å²) >= 11 is 0. The third-order valence-corrected chi connectivity index (χ3v) is 7.06. The van der Waals surface area contributed by atoms with Crippen molar-refractivity contribution in [3.8, 4) is 0 Å². The smallest absolute Gasteiger partial charge is 0.302 e. The monoisotopic (exact) mass is 406 g/mol. The average molecular weight is 406 g/mol. The Morgan fingerprint density at radius 3 is 2.38 bits per heavy atom. The molecule has 160 valence electrons. The van der Waals surface area contributed by atoms with Crippen LogP contribution >= 0.6 is 0 Å². The predicted octanol–water partition coefficient (Wildman–Crippen LogP) is 2.01. The van der Waals surface area contributed by atoms with Gasteiger partial charge in [-0.05, 0) is 18.3 Å². The minimum atomic E-state index is -1.48. The van der Waals surface area contributed by atoms with Crippen molar-refractivity contribution in [1.82, 2.24) is 0 Å². The van der Waals surface area contributed by atoms with Crippen LogP contribution in [0, 0.1) is 22.7 Å². The number of allylic oxidation sites excluding steroid dienone is 1. The molecule has 0 radical (unpaired) electrons. The van der Waals surface area contributed by atoms with Crippen LogP contribution in [-0.2, 0) is 19.1 Å². The molecule has 0 bridgehead atoms. The minimum Gasteiger partial charge on any atom is -0.507 e. The summed E-state index contributed by atoms with van der Waals surface area (Å²) in [6.07, 6.45) is -0.445. The third-order valence-electron chi connectivity index (χ3n) is 7.06. The molecule has 1 saturated carbocycles. The van der Waals surface area contributed by atoms with E-state index in [1.165, 1.54) is 6.92 Å². The second-order valence-electron chi connectivity index (χ2n) is 9.59. The molecule has 3 aliphatic carbocycles. The van der Waals surface area contributed by atoms with Gasteiger partial charge in [0.1, 0.15) is 11.9 Å². The molecule has 29 heavy (non-hydrogen) atoms. The number of aliphatic hydroxyl groups is 3. The van der Waals surface area contributed by atoms with E-state index < -0.39 is 52.8 Å². The second-order valence-corrected chi connectivity index (χ2v) is 9.59. The van der Waals surface area contributed by atoms with Gasteiger partial charge in [0.15, 0.2) is 0 Å². The van der Waals surface area contributed by atoms with Crippen LogP contribution in [-0.4, -0.2) is 51.7 Å². The lowest BCUT2D eigenvalue weighted by molar-refractivity contribution is -0.143. The highest BCUT2D eigenvalue weighted by Crippen LogP contribution is 2.61. The van der Waals surface area contributed by atoms with E-state index in [2.05, 4.69) is 0 Å². The number of hydrogen-bond donors (Lipinski definition) is 3. The maximum Gasteiger partial charge on any atom is 0.302 e. The van der Waals surface area contributed by atoms with Crippen LogP contribution in [0.1, 0.15) is 53.9 Å². The number of hydrogen-bond acceptors (Lipinski definition) is 7. The first-order chi connectivity index (χ1) is 13.3. The number of rotatable bonds is 3. The highest BCUT2D eigenvalue weighted by Gasteiger charge is 2.61. The molecule has 3 aliphatic rings. The van der Waals surface area contributed by atoms with E-state index in [4.69, 9.17) is 4.74 Å². The molecule has 3 N–H and O–H groups in total. The maximum absolute atomic E-state index is 13.2. The largest absolute Gasteiger partial charge is 0.507 e. The second kappa shape index (κ2) is 7.06. The van der Waals surface area contributed by atoms with E-state index in [1.54, 1.807) is 6.92 Å². The highest BCUT2D eigenvalue weighted by atomic mass is 16.5. The number of carbonyl (C=O) groups excluding carboxylic acids is 3. The summed E-state index contributed by atoms with van der Waals surface area (Å²) in [5.74, 6) is -3.77. The lowest BCUT2D eigenvalue weighted by atomic mass is 9.47. The maximum atomic E-state index is 13.2. The Labute approximate surface area is 170 Å². The molecular weight excluding hydrogens is 376 g/mol. The zero-order valence-corrected chi connectivity index (χ0v) is 17.6. The predicted molar refractivity (Wildman–Crippen MR) is 104 cm³/mol. The van der Waals surface area contributed by atoms with Crippen molar-refractivity contribution in [1.29, 1.82) is 0 Å². The normalized spacial score (nSPS) is 35.2. The van der Waals surface area contributed by atoms with Crippen LogP contribution in [0.4, 0.5) is 0 Å². The number of carbonyl (C=O) groups is 3. The lowest BCUT2D eigenvalue weighted by Gasteiger charge is -2.57. The van der Waals surface area contributed by atoms with Gasteiger partial charge in [0, 0.05) is 35.3 Å². The number of aliphatic hydroxyl groups excluding tert-OH is 3. The van der Waals surface area contributed by atoms with Gasteiger partial charge in [-0.1, -0.05) is 34.1 Å². The molecule has 0 saturated heterocycles. The molecule has 0 spiro atoms. The van der Waals surface area contributed by atoms with Crippen LogP contribution in [0.2, 0.25) is 0 Å². The number of esters is 1. The van der Waals surface area contributed by atoms with Crippen LogP contribution in [0.3, 0.4) is 0 Å². The first-order valence-electron chi connectivity index (χ1n) is 10.1. The number of Topliss-reactive ketones (excluding diaryl/α,β-unsaturated/α-hetero) is 2. The Balaban J connectivity index is 2.19. The summed E-state index contributed by atoms with van der Waals surface area (Å²) in [6.45, 7) is 8.44. The van der Waals surface area contributed by atoms with E-state index in [0.717, 1.165) is 12.8 Å². The van der Waals surface area contributed by atoms with Crippen LogP contribution in [0.25, 0.3) is 0 Å². The molecule has 3 rings (SSSR count). The van der Waals surface area contributed by atoms with Crippen LogP contribution in [0.5, 0.6) is 0 Å². The average Bonchev–Trinajstić information content (AvgIpc) is 2.60. The molecule has 0 amide bonds. The summed E-state index contributed by atoms with van der Waals surface area (Å²) in [5, 5.41) is 32.8. The standard InChI is InChI=1S/C22H30O7/c1-10(9-29-11(2)23)12-15(24)13-14(18(27)16(12)25)22(5)8-6-7-21(3,4)20(22)19(28)17(13)26/h10,17,19-20,24,26,28H,6-9H2,1-5H3/t10?,17-,19+,20?,22+/m0/s1. The molecule has 0 aromatic heterocycles. The van der Waals surface area contributed by atoms with Gasteiger partial charge in [0.05, 0.1) is 18.3 Å². The zero-order chi connectivity index (χ0) is 21.9. The molecule has 5 atom stereocenters. The van der Waals surface area contributed by atoms with Crippen LogP contribution in [0.15, 0.2) is 22.5 Å². The fourth-order valence-electron chi connectivity index (χ4n) is 5.92. The summed E-state index contributed by atoms with van der Waals surface area (Å²) in [5.41, 5.74) is -1.29. The Morgan fingerprint density at radius 1 is 1.17 bits per heavy atom. The van der Waals surface area contributed by atoms with Crippen molar-refractivity contribution in [2.24, 2.45) is 22.7 Å². The van der Waals surface area contributed by atoms with E-state index >= 15 is 0 Å². The quantitative estimate of drug-likeness (QED) is 0.372. The van der Waals surface area contributed by atoms with Crippen molar-refractivity contribution < 1.29 is 34.4 Å². The SMILES string of the molecule is CC(=O)OCC(C)C1=C(O)C2=C(C(=O)C1=O)[C@@]1(C)CCCC(C)(C)C1[C@H](O)[C@H]2O. The molecular formula is C22H30O7. The molecule has 2 unspecified atom stereocenters. The molecule has 7 heteroatoms. The van der Waals surface area contributed by atoms with E-state index in [9.17, 15) is 29.7 Å². The fourth-order valence-corrected chi connectivity index (χ4v) is 5.92. The Hall–Kier alpha value is -1.99. The number of ketones is 2. The zero-order valence-electron chi connectivity index (χ0n) is 17.6. The van der Waals surface area contributed by atoms with Gasteiger partial charge in [-0.2, -0.15) is 0 Å². The van der Waals surface area contributed by atoms with Crippen molar-refractivity contribution in [2.75, 3.05) is 6.61 Å². The van der Waals surface area contributed by atoms with E-state index in [0.29, 0.717) is 6.42 Å². The summed E-state index contributed by atoms with van der Waals surface area (Å²) in [7, 11) is 0. The molecule has 1 fully saturated rings. The Morgan fingerprint density at radius 2 is 1.79 bits per heavy atom. The highest BCUT2D eigenvalue weighted by molar-refractivity contribution is 6.50. The Bertz CT molecular complexity index is 834. The first-order valence-corrected chi connectivity index (χ1v) is 10.1.